The van der Waals surface area contributed by atoms with Crippen molar-refractivity contribution in [2.75, 3.05) is 0 Å². The molecule has 0 fully saturated rings. The number of fused-ring (bicyclic) bond motifs is 1. The lowest BCUT2D eigenvalue weighted by Crippen LogP contribution is -2.25. The third-order valence-corrected chi connectivity index (χ3v) is 5.68. The molecule has 4 aromatic rings. The van der Waals surface area contributed by atoms with Crippen LogP contribution < -0.4 is 5.56 Å². The molecule has 144 valence electrons. The molecule has 0 N–H and O–H groups in total. The fraction of sp³-hybridized carbons (Fsp3) is 0.174. The van der Waals surface area contributed by atoms with Gasteiger partial charge in [0.25, 0.3) is 5.56 Å². The molecule has 0 radical (unpaired) electrons. The maximum atomic E-state index is 13.4. The van der Waals surface area contributed by atoms with Gasteiger partial charge in [0.2, 0.25) is 0 Å². The average Bonchev–Trinajstić information content (AvgIpc) is 3.16. The van der Waals surface area contributed by atoms with Crippen molar-refractivity contribution < 1.29 is 4.39 Å². The first-order valence-electron chi connectivity index (χ1n) is 9.35. The average molecular weight is 403 g/mol. The number of rotatable bonds is 6. The highest BCUT2D eigenvalue weighted by atomic mass is 32.1. The molecule has 0 atom stereocenters. The number of hydrogen-bond acceptors (Lipinski definition) is 4. The van der Waals surface area contributed by atoms with Crippen molar-refractivity contribution in [1.82, 2.24) is 9.55 Å². The van der Waals surface area contributed by atoms with E-state index in [1.54, 1.807) is 16.7 Å². The van der Waals surface area contributed by atoms with Crippen LogP contribution in [0.2, 0.25) is 0 Å². The van der Waals surface area contributed by atoms with Crippen LogP contribution in [0.3, 0.4) is 0 Å². The molecule has 6 heteroatoms. The second kappa shape index (κ2) is 8.38. The standard InChI is InChI=1S/C23H18FN3OS/c24-18-10-8-17(9-11-18)19-15-29-22-21(19)23(28)27(13-5-4-12-25)20(26-22)14-16-6-2-1-3-7-16/h1-3,6-11,15H,4-5,13-14H2. The number of thiophene rings is 1. The molecule has 0 bridgehead atoms. The van der Waals surface area contributed by atoms with Crippen molar-refractivity contribution in [3.05, 3.63) is 87.5 Å². The van der Waals surface area contributed by atoms with Gasteiger partial charge in [-0.2, -0.15) is 5.26 Å². The van der Waals surface area contributed by atoms with E-state index in [1.165, 1.54) is 23.5 Å². The summed E-state index contributed by atoms with van der Waals surface area (Å²) in [6.07, 6.45) is 1.51. The van der Waals surface area contributed by atoms with E-state index in [-0.39, 0.29) is 11.4 Å². The number of nitrogens with zero attached hydrogens (tertiary/aromatic N) is 3. The van der Waals surface area contributed by atoms with Crippen LogP contribution in [0.4, 0.5) is 4.39 Å². The Bertz CT molecular complexity index is 1240. The fourth-order valence-electron chi connectivity index (χ4n) is 3.37. The van der Waals surface area contributed by atoms with Crippen LogP contribution in [0.15, 0.2) is 64.8 Å². The first-order valence-corrected chi connectivity index (χ1v) is 10.2. The number of aromatic nitrogens is 2. The zero-order valence-corrected chi connectivity index (χ0v) is 16.5. The summed E-state index contributed by atoms with van der Waals surface area (Å²) < 4.78 is 15.0. The van der Waals surface area contributed by atoms with Crippen LogP contribution in [0.25, 0.3) is 21.3 Å². The molecule has 0 unspecified atom stereocenters. The van der Waals surface area contributed by atoms with Gasteiger partial charge in [0, 0.05) is 30.3 Å². The van der Waals surface area contributed by atoms with Gasteiger partial charge in [-0.3, -0.25) is 9.36 Å². The van der Waals surface area contributed by atoms with Crippen molar-refractivity contribution in [1.29, 1.82) is 5.26 Å². The van der Waals surface area contributed by atoms with Crippen LogP contribution in [-0.4, -0.2) is 9.55 Å². The van der Waals surface area contributed by atoms with E-state index in [1.807, 2.05) is 35.7 Å². The third kappa shape index (κ3) is 3.96. The summed E-state index contributed by atoms with van der Waals surface area (Å²) in [6.45, 7) is 0.441. The molecule has 2 heterocycles. The van der Waals surface area contributed by atoms with Crippen molar-refractivity contribution >= 4 is 21.6 Å². The zero-order valence-electron chi connectivity index (χ0n) is 15.6. The van der Waals surface area contributed by atoms with Crippen LogP contribution in [-0.2, 0) is 13.0 Å². The first kappa shape index (κ1) is 19.0. The fourth-order valence-corrected chi connectivity index (χ4v) is 4.33. The lowest BCUT2D eigenvalue weighted by Gasteiger charge is -2.12. The van der Waals surface area contributed by atoms with Crippen LogP contribution >= 0.6 is 11.3 Å². The summed E-state index contributed by atoms with van der Waals surface area (Å²) in [5, 5.41) is 11.3. The second-order valence-corrected chi connectivity index (χ2v) is 7.60. The van der Waals surface area contributed by atoms with Gasteiger partial charge < -0.3 is 0 Å². The molecule has 0 aliphatic rings. The summed E-state index contributed by atoms with van der Waals surface area (Å²) in [5.41, 5.74) is 2.52. The van der Waals surface area contributed by atoms with Gasteiger partial charge in [0.1, 0.15) is 16.5 Å². The van der Waals surface area contributed by atoms with E-state index < -0.39 is 0 Å². The Hall–Kier alpha value is -3.30. The number of hydrogen-bond donors (Lipinski definition) is 0. The van der Waals surface area contributed by atoms with Crippen molar-refractivity contribution in [2.24, 2.45) is 0 Å². The second-order valence-electron chi connectivity index (χ2n) is 6.75. The van der Waals surface area contributed by atoms with Gasteiger partial charge in [-0.25, -0.2) is 9.37 Å². The Morgan fingerprint density at radius 2 is 1.86 bits per heavy atom. The van der Waals surface area contributed by atoms with Crippen molar-refractivity contribution in [3.8, 4) is 17.2 Å². The first-order chi connectivity index (χ1) is 14.2. The number of nitriles is 1. The molecule has 0 saturated heterocycles. The molecular weight excluding hydrogens is 385 g/mol. The topological polar surface area (TPSA) is 58.7 Å². The lowest BCUT2D eigenvalue weighted by molar-refractivity contribution is 0.598. The Morgan fingerprint density at radius 3 is 2.59 bits per heavy atom. The minimum atomic E-state index is -0.314. The molecule has 0 aliphatic heterocycles. The van der Waals surface area contributed by atoms with E-state index >= 15 is 0 Å². The Morgan fingerprint density at radius 1 is 1.10 bits per heavy atom. The van der Waals surface area contributed by atoms with Gasteiger partial charge in [-0.05, 0) is 29.7 Å². The Labute approximate surface area is 171 Å². The quantitative estimate of drug-likeness (QED) is 0.418. The van der Waals surface area contributed by atoms with Gasteiger partial charge in [-0.15, -0.1) is 11.3 Å². The molecule has 2 aromatic carbocycles. The molecule has 4 rings (SSSR count). The SMILES string of the molecule is N#CCCCn1c(Cc2ccccc2)nc2scc(-c3ccc(F)cc3)c2c1=O. The molecular formula is C23H18FN3OS. The summed E-state index contributed by atoms with van der Waals surface area (Å²) in [6, 6.07) is 18.2. The minimum absolute atomic E-state index is 0.112. The molecule has 0 amide bonds. The van der Waals surface area contributed by atoms with Gasteiger partial charge in [0.05, 0.1) is 11.5 Å². The van der Waals surface area contributed by atoms with Gasteiger partial charge >= 0.3 is 0 Å². The maximum Gasteiger partial charge on any atom is 0.262 e. The van der Waals surface area contributed by atoms with E-state index in [9.17, 15) is 9.18 Å². The third-order valence-electron chi connectivity index (χ3n) is 4.80. The normalized spacial score (nSPS) is 10.9. The van der Waals surface area contributed by atoms with E-state index in [2.05, 4.69) is 6.07 Å². The number of unbranched alkanes of at least 4 members (excludes halogenated alkanes) is 1. The van der Waals surface area contributed by atoms with E-state index in [4.69, 9.17) is 10.2 Å². The minimum Gasteiger partial charge on any atom is -0.296 e. The van der Waals surface area contributed by atoms with Crippen LogP contribution in [0, 0.1) is 17.1 Å². The Balaban J connectivity index is 1.85. The van der Waals surface area contributed by atoms with E-state index in [0.717, 1.165) is 16.7 Å². The highest BCUT2D eigenvalue weighted by Gasteiger charge is 2.17. The molecule has 0 spiro atoms. The summed E-state index contributed by atoms with van der Waals surface area (Å²) in [7, 11) is 0. The smallest absolute Gasteiger partial charge is 0.262 e. The Kier molecular flexibility index (Phi) is 5.50. The van der Waals surface area contributed by atoms with E-state index in [0.29, 0.717) is 41.8 Å². The predicted octanol–water partition coefficient (Wildman–Crippen LogP) is 5.16. The monoisotopic (exact) mass is 403 g/mol. The molecule has 0 aliphatic carbocycles. The lowest BCUT2D eigenvalue weighted by atomic mass is 10.1. The molecule has 2 aromatic heterocycles. The maximum absolute atomic E-state index is 13.4. The molecule has 0 saturated carbocycles. The molecule has 29 heavy (non-hydrogen) atoms. The van der Waals surface area contributed by atoms with Gasteiger partial charge in [0.15, 0.2) is 0 Å². The van der Waals surface area contributed by atoms with Crippen LogP contribution in [0.1, 0.15) is 24.2 Å². The predicted molar refractivity (Wildman–Crippen MR) is 113 cm³/mol. The number of benzene rings is 2. The molecule has 4 nitrogen and oxygen atoms in total. The summed E-state index contributed by atoms with van der Waals surface area (Å²) in [5.74, 6) is 0.379. The largest absolute Gasteiger partial charge is 0.296 e. The highest BCUT2D eigenvalue weighted by Crippen LogP contribution is 2.31. The highest BCUT2D eigenvalue weighted by molar-refractivity contribution is 7.17. The summed E-state index contributed by atoms with van der Waals surface area (Å²) in [4.78, 5) is 18.9. The summed E-state index contributed by atoms with van der Waals surface area (Å²) >= 11 is 1.42. The number of halogens is 1. The van der Waals surface area contributed by atoms with Crippen molar-refractivity contribution in [2.45, 2.75) is 25.8 Å². The van der Waals surface area contributed by atoms with Gasteiger partial charge in [-0.1, -0.05) is 42.5 Å². The zero-order chi connectivity index (χ0) is 20.2. The van der Waals surface area contributed by atoms with Crippen LogP contribution in [0.5, 0.6) is 0 Å². The van der Waals surface area contributed by atoms with Crippen molar-refractivity contribution in [3.63, 3.8) is 0 Å².